The first-order chi connectivity index (χ1) is 7.74. The summed E-state index contributed by atoms with van der Waals surface area (Å²) in [5, 5.41) is 9.28. The summed E-state index contributed by atoms with van der Waals surface area (Å²) in [6.07, 6.45) is 1.12. The van der Waals surface area contributed by atoms with Crippen LogP contribution in [0.15, 0.2) is 30.3 Å². The van der Waals surface area contributed by atoms with Crippen molar-refractivity contribution >= 4 is 0 Å². The van der Waals surface area contributed by atoms with E-state index in [1.807, 2.05) is 0 Å². The molecule has 2 nitrogen and oxygen atoms in total. The molecule has 0 saturated carbocycles. The van der Waals surface area contributed by atoms with Crippen molar-refractivity contribution in [3.8, 4) is 0 Å². The van der Waals surface area contributed by atoms with Crippen LogP contribution in [0.25, 0.3) is 0 Å². The predicted octanol–water partition coefficient (Wildman–Crippen LogP) is 2.45. The van der Waals surface area contributed by atoms with Crippen LogP contribution in [0.1, 0.15) is 31.9 Å². The third-order valence-electron chi connectivity index (χ3n) is 3.98. The molecule has 0 spiro atoms. The highest BCUT2D eigenvalue weighted by Gasteiger charge is 2.33. The molecule has 0 bridgehead atoms. The SMILES string of the molecule is C[C@@H](c1ccccc1)N1CC[C@H](CO)[C@@H]1C. The fourth-order valence-electron chi connectivity index (χ4n) is 2.74. The van der Waals surface area contributed by atoms with Gasteiger partial charge in [-0.1, -0.05) is 30.3 Å². The Morgan fingerprint density at radius 3 is 2.62 bits per heavy atom. The van der Waals surface area contributed by atoms with Gasteiger partial charge in [0.15, 0.2) is 0 Å². The second-order valence-electron chi connectivity index (χ2n) is 4.80. The van der Waals surface area contributed by atoms with Crippen molar-refractivity contribution in [3.63, 3.8) is 0 Å². The number of aliphatic hydroxyl groups is 1. The van der Waals surface area contributed by atoms with Gasteiger partial charge >= 0.3 is 0 Å². The lowest BCUT2D eigenvalue weighted by Gasteiger charge is -2.30. The zero-order valence-electron chi connectivity index (χ0n) is 10.1. The minimum absolute atomic E-state index is 0.319. The van der Waals surface area contributed by atoms with Crippen molar-refractivity contribution in [2.75, 3.05) is 13.2 Å². The molecule has 1 saturated heterocycles. The largest absolute Gasteiger partial charge is 0.396 e. The van der Waals surface area contributed by atoms with Gasteiger partial charge in [-0.3, -0.25) is 4.90 Å². The monoisotopic (exact) mass is 219 g/mol. The Morgan fingerprint density at radius 1 is 1.38 bits per heavy atom. The molecular formula is C14H21NO. The molecule has 1 N–H and O–H groups in total. The standard InChI is InChI=1S/C14H21NO/c1-11(13-6-4-3-5-7-13)15-9-8-14(10-16)12(15)2/h3-7,11-12,14,16H,8-10H2,1-2H3/t11-,12-,14+/m0/s1. The van der Waals surface area contributed by atoms with E-state index >= 15 is 0 Å². The van der Waals surface area contributed by atoms with Crippen molar-refractivity contribution in [1.29, 1.82) is 0 Å². The number of hydrogen-bond acceptors (Lipinski definition) is 2. The van der Waals surface area contributed by atoms with Crippen molar-refractivity contribution in [2.45, 2.75) is 32.4 Å². The Bertz CT molecular complexity index is 325. The smallest absolute Gasteiger partial charge is 0.0474 e. The number of likely N-dealkylation sites (tertiary alicyclic amines) is 1. The van der Waals surface area contributed by atoms with Gasteiger partial charge in [-0.2, -0.15) is 0 Å². The van der Waals surface area contributed by atoms with Crippen LogP contribution in [-0.4, -0.2) is 29.2 Å². The Balaban J connectivity index is 2.09. The van der Waals surface area contributed by atoms with Crippen molar-refractivity contribution in [1.82, 2.24) is 4.90 Å². The van der Waals surface area contributed by atoms with Gasteiger partial charge < -0.3 is 5.11 Å². The van der Waals surface area contributed by atoms with Crippen LogP contribution in [0.3, 0.4) is 0 Å². The van der Waals surface area contributed by atoms with Crippen molar-refractivity contribution in [3.05, 3.63) is 35.9 Å². The van der Waals surface area contributed by atoms with Gasteiger partial charge in [0.05, 0.1) is 0 Å². The lowest BCUT2D eigenvalue weighted by atomic mass is 10.0. The highest BCUT2D eigenvalue weighted by atomic mass is 16.3. The average molecular weight is 219 g/mol. The fourth-order valence-corrected chi connectivity index (χ4v) is 2.74. The molecule has 1 aromatic carbocycles. The summed E-state index contributed by atoms with van der Waals surface area (Å²) < 4.78 is 0. The molecule has 2 rings (SSSR count). The zero-order chi connectivity index (χ0) is 11.5. The van der Waals surface area contributed by atoms with Crippen molar-refractivity contribution < 1.29 is 5.11 Å². The van der Waals surface area contributed by atoms with E-state index in [-0.39, 0.29) is 0 Å². The zero-order valence-corrected chi connectivity index (χ0v) is 10.1. The second-order valence-corrected chi connectivity index (χ2v) is 4.80. The van der Waals surface area contributed by atoms with Crippen LogP contribution in [0, 0.1) is 5.92 Å². The summed E-state index contributed by atoms with van der Waals surface area (Å²) in [7, 11) is 0. The average Bonchev–Trinajstić information content (AvgIpc) is 2.70. The third-order valence-corrected chi connectivity index (χ3v) is 3.98. The minimum atomic E-state index is 0.319. The Kier molecular flexibility index (Phi) is 3.62. The summed E-state index contributed by atoms with van der Waals surface area (Å²) in [5.74, 6) is 0.450. The van der Waals surface area contributed by atoms with Gasteiger partial charge in [0, 0.05) is 18.7 Å². The Labute approximate surface area is 97.9 Å². The lowest BCUT2D eigenvalue weighted by Crippen LogP contribution is -2.33. The minimum Gasteiger partial charge on any atom is -0.396 e. The Morgan fingerprint density at radius 2 is 2.06 bits per heavy atom. The molecule has 2 heteroatoms. The van der Waals surface area contributed by atoms with Gasteiger partial charge in [-0.15, -0.1) is 0 Å². The number of nitrogens with zero attached hydrogens (tertiary/aromatic N) is 1. The predicted molar refractivity (Wildman–Crippen MR) is 66.2 cm³/mol. The number of aliphatic hydroxyl groups excluding tert-OH is 1. The highest BCUT2D eigenvalue weighted by Crippen LogP contribution is 2.31. The van der Waals surface area contributed by atoms with Crippen molar-refractivity contribution in [2.24, 2.45) is 5.92 Å². The van der Waals surface area contributed by atoms with Gasteiger partial charge in [0.2, 0.25) is 0 Å². The summed E-state index contributed by atoms with van der Waals surface area (Å²) in [4.78, 5) is 2.50. The first kappa shape index (κ1) is 11.6. The third kappa shape index (κ3) is 2.13. The summed E-state index contributed by atoms with van der Waals surface area (Å²) in [5.41, 5.74) is 1.37. The van der Waals surface area contributed by atoms with E-state index in [0.29, 0.717) is 24.6 Å². The van der Waals surface area contributed by atoms with Gasteiger partial charge in [0.1, 0.15) is 0 Å². The second kappa shape index (κ2) is 4.98. The first-order valence-corrected chi connectivity index (χ1v) is 6.15. The molecule has 1 heterocycles. The van der Waals surface area contributed by atoms with Gasteiger partial charge in [-0.05, 0) is 38.3 Å². The molecule has 16 heavy (non-hydrogen) atoms. The molecule has 0 unspecified atom stereocenters. The summed E-state index contributed by atoms with van der Waals surface area (Å²) in [6.45, 7) is 5.90. The van der Waals surface area contributed by atoms with Crippen LogP contribution in [0.2, 0.25) is 0 Å². The van der Waals surface area contributed by atoms with Crippen LogP contribution >= 0.6 is 0 Å². The molecule has 1 aromatic rings. The number of benzene rings is 1. The molecule has 1 fully saturated rings. The molecule has 3 atom stereocenters. The maximum atomic E-state index is 9.28. The maximum Gasteiger partial charge on any atom is 0.0474 e. The number of rotatable bonds is 3. The number of hydrogen-bond donors (Lipinski definition) is 1. The summed E-state index contributed by atoms with van der Waals surface area (Å²) >= 11 is 0. The molecule has 0 aliphatic carbocycles. The normalized spacial score (nSPS) is 28.2. The van der Waals surface area contributed by atoms with E-state index in [0.717, 1.165) is 13.0 Å². The quantitative estimate of drug-likeness (QED) is 0.844. The summed E-state index contributed by atoms with van der Waals surface area (Å²) in [6, 6.07) is 11.5. The van der Waals surface area contributed by atoms with E-state index in [2.05, 4.69) is 49.1 Å². The maximum absolute atomic E-state index is 9.28. The van der Waals surface area contributed by atoms with E-state index in [1.54, 1.807) is 0 Å². The molecule has 88 valence electrons. The Hall–Kier alpha value is -0.860. The molecule has 1 aliphatic rings. The van der Waals surface area contributed by atoms with Gasteiger partial charge in [-0.25, -0.2) is 0 Å². The molecule has 0 amide bonds. The molecule has 0 radical (unpaired) electrons. The molecular weight excluding hydrogens is 198 g/mol. The van der Waals surface area contributed by atoms with E-state index in [9.17, 15) is 5.11 Å². The van der Waals surface area contributed by atoms with Crippen LogP contribution in [-0.2, 0) is 0 Å². The topological polar surface area (TPSA) is 23.5 Å². The van der Waals surface area contributed by atoms with E-state index in [4.69, 9.17) is 0 Å². The molecule has 1 aliphatic heterocycles. The van der Waals surface area contributed by atoms with E-state index in [1.165, 1.54) is 5.56 Å². The van der Waals surface area contributed by atoms with Crippen LogP contribution in [0.5, 0.6) is 0 Å². The van der Waals surface area contributed by atoms with Crippen LogP contribution < -0.4 is 0 Å². The fraction of sp³-hybridized carbons (Fsp3) is 0.571. The first-order valence-electron chi connectivity index (χ1n) is 6.15. The molecule has 0 aromatic heterocycles. The van der Waals surface area contributed by atoms with Crippen LogP contribution in [0.4, 0.5) is 0 Å². The highest BCUT2D eigenvalue weighted by molar-refractivity contribution is 5.18. The van der Waals surface area contributed by atoms with E-state index < -0.39 is 0 Å². The lowest BCUT2D eigenvalue weighted by molar-refractivity contribution is 0.149. The van der Waals surface area contributed by atoms with Gasteiger partial charge in [0.25, 0.3) is 0 Å².